The van der Waals surface area contributed by atoms with Gasteiger partial charge in [-0.1, -0.05) is 16.8 Å². The number of aromatic nitrogens is 1. The number of carbonyl (C=O) groups is 1. The van der Waals surface area contributed by atoms with Gasteiger partial charge in [-0.3, -0.25) is 4.79 Å². The monoisotopic (exact) mass is 288 g/mol. The van der Waals surface area contributed by atoms with E-state index < -0.39 is 0 Å². The van der Waals surface area contributed by atoms with Crippen molar-refractivity contribution >= 4 is 5.91 Å². The van der Waals surface area contributed by atoms with E-state index in [4.69, 9.17) is 4.52 Å². The average Bonchev–Trinajstić information content (AvgIpc) is 2.93. The molecule has 114 valence electrons. The van der Waals surface area contributed by atoms with E-state index in [0.717, 1.165) is 36.3 Å². The lowest BCUT2D eigenvalue weighted by Crippen LogP contribution is -2.44. The first kappa shape index (κ1) is 14.4. The molecule has 2 atom stereocenters. The van der Waals surface area contributed by atoms with Crippen LogP contribution in [-0.4, -0.2) is 28.0 Å². The molecule has 1 aromatic heterocycles. The second kappa shape index (κ2) is 5.66. The van der Waals surface area contributed by atoms with Gasteiger partial charge < -0.3 is 9.42 Å². The summed E-state index contributed by atoms with van der Waals surface area (Å²) in [5.74, 6) is 1.15. The van der Waals surface area contributed by atoms with Crippen LogP contribution in [0.4, 0.5) is 0 Å². The van der Waals surface area contributed by atoms with Crippen LogP contribution in [0.15, 0.2) is 16.2 Å². The summed E-state index contributed by atoms with van der Waals surface area (Å²) >= 11 is 0. The van der Waals surface area contributed by atoms with Crippen molar-refractivity contribution in [1.82, 2.24) is 10.1 Å². The maximum atomic E-state index is 12.6. The standard InChI is InChI=1S/C17H24N2O2/c1-4-13-9-14-5-6-15(10-13)19(14)17(20)8-7-16-11(2)18-21-12(16)3/h4,14-15H,5-10H2,1-3H3. The highest BCUT2D eigenvalue weighted by Gasteiger charge is 2.40. The van der Waals surface area contributed by atoms with Gasteiger partial charge in [0.1, 0.15) is 5.76 Å². The quantitative estimate of drug-likeness (QED) is 0.802. The zero-order valence-corrected chi connectivity index (χ0v) is 13.2. The second-order valence-electron chi connectivity index (χ2n) is 6.34. The number of carbonyl (C=O) groups excluding carboxylic acids is 1. The lowest BCUT2D eigenvalue weighted by molar-refractivity contribution is -0.134. The molecule has 21 heavy (non-hydrogen) atoms. The molecule has 2 unspecified atom stereocenters. The predicted octanol–water partition coefficient (Wildman–Crippen LogP) is 3.32. The fraction of sp³-hybridized carbons (Fsp3) is 0.647. The van der Waals surface area contributed by atoms with E-state index in [1.165, 1.54) is 18.4 Å². The van der Waals surface area contributed by atoms with E-state index in [9.17, 15) is 4.79 Å². The maximum Gasteiger partial charge on any atom is 0.223 e. The van der Waals surface area contributed by atoms with Crippen molar-refractivity contribution in [2.45, 2.75) is 71.4 Å². The number of hydrogen-bond donors (Lipinski definition) is 0. The minimum atomic E-state index is 0.303. The van der Waals surface area contributed by atoms with Crippen molar-refractivity contribution in [3.8, 4) is 0 Å². The fourth-order valence-corrected chi connectivity index (χ4v) is 3.91. The minimum absolute atomic E-state index is 0.303. The van der Waals surface area contributed by atoms with Crippen LogP contribution >= 0.6 is 0 Å². The summed E-state index contributed by atoms with van der Waals surface area (Å²) in [5.41, 5.74) is 3.54. The predicted molar refractivity (Wildman–Crippen MR) is 80.9 cm³/mol. The minimum Gasteiger partial charge on any atom is -0.361 e. The van der Waals surface area contributed by atoms with Gasteiger partial charge in [0, 0.05) is 24.1 Å². The van der Waals surface area contributed by atoms with Gasteiger partial charge in [0.05, 0.1) is 5.69 Å². The van der Waals surface area contributed by atoms with Crippen molar-refractivity contribution in [2.24, 2.45) is 0 Å². The molecule has 1 amide bonds. The largest absolute Gasteiger partial charge is 0.361 e. The molecule has 0 aromatic carbocycles. The van der Waals surface area contributed by atoms with Crippen molar-refractivity contribution in [3.05, 3.63) is 28.7 Å². The van der Waals surface area contributed by atoms with Gasteiger partial charge in [0.15, 0.2) is 0 Å². The Hall–Kier alpha value is -1.58. The maximum absolute atomic E-state index is 12.6. The number of aryl methyl sites for hydroxylation is 2. The molecule has 2 saturated heterocycles. The summed E-state index contributed by atoms with van der Waals surface area (Å²) in [6.07, 6.45) is 8.02. The Morgan fingerprint density at radius 2 is 2.00 bits per heavy atom. The normalized spacial score (nSPS) is 24.5. The smallest absolute Gasteiger partial charge is 0.223 e. The van der Waals surface area contributed by atoms with Crippen LogP contribution in [0.2, 0.25) is 0 Å². The number of amides is 1. The van der Waals surface area contributed by atoms with Crippen LogP contribution in [0.3, 0.4) is 0 Å². The summed E-state index contributed by atoms with van der Waals surface area (Å²) in [5, 5.41) is 3.96. The Kier molecular flexibility index (Phi) is 3.87. The van der Waals surface area contributed by atoms with E-state index in [1.54, 1.807) is 0 Å². The Morgan fingerprint density at radius 1 is 1.33 bits per heavy atom. The third-order valence-corrected chi connectivity index (χ3v) is 5.08. The molecule has 0 spiro atoms. The molecule has 0 radical (unpaired) electrons. The lowest BCUT2D eigenvalue weighted by Gasteiger charge is -2.36. The van der Waals surface area contributed by atoms with E-state index in [-0.39, 0.29) is 0 Å². The van der Waals surface area contributed by atoms with Gasteiger partial charge in [0.2, 0.25) is 5.91 Å². The molecule has 0 saturated carbocycles. The van der Waals surface area contributed by atoms with Crippen LogP contribution in [0.5, 0.6) is 0 Å². The van der Waals surface area contributed by atoms with Crippen LogP contribution in [0, 0.1) is 13.8 Å². The third-order valence-electron chi connectivity index (χ3n) is 5.08. The number of rotatable bonds is 3. The van der Waals surface area contributed by atoms with E-state index in [2.05, 4.69) is 23.1 Å². The number of hydrogen-bond acceptors (Lipinski definition) is 3. The van der Waals surface area contributed by atoms with E-state index in [1.807, 2.05) is 13.8 Å². The molecule has 4 heteroatoms. The molecule has 0 N–H and O–H groups in total. The molecular weight excluding hydrogens is 264 g/mol. The topological polar surface area (TPSA) is 46.3 Å². The first-order valence-electron chi connectivity index (χ1n) is 7.97. The molecule has 2 fully saturated rings. The molecule has 3 rings (SSSR count). The second-order valence-corrected chi connectivity index (χ2v) is 6.34. The van der Waals surface area contributed by atoms with Crippen molar-refractivity contribution in [2.75, 3.05) is 0 Å². The van der Waals surface area contributed by atoms with Crippen LogP contribution in [0.25, 0.3) is 0 Å². The first-order chi connectivity index (χ1) is 10.1. The average molecular weight is 288 g/mol. The van der Waals surface area contributed by atoms with Gasteiger partial charge >= 0.3 is 0 Å². The molecular formula is C17H24N2O2. The number of nitrogens with zero attached hydrogens (tertiary/aromatic N) is 2. The van der Waals surface area contributed by atoms with E-state index >= 15 is 0 Å². The highest BCUT2D eigenvalue weighted by atomic mass is 16.5. The number of fused-ring (bicyclic) bond motifs is 2. The molecule has 2 aliphatic heterocycles. The van der Waals surface area contributed by atoms with Gasteiger partial charge in [-0.15, -0.1) is 0 Å². The number of piperidine rings is 1. The Balaban J connectivity index is 1.64. The van der Waals surface area contributed by atoms with Crippen molar-refractivity contribution in [3.63, 3.8) is 0 Å². The SMILES string of the molecule is CC=C1CC2CCC(C1)N2C(=O)CCc1c(C)noc1C. The summed E-state index contributed by atoms with van der Waals surface area (Å²) in [7, 11) is 0. The van der Waals surface area contributed by atoms with Crippen molar-refractivity contribution < 1.29 is 9.32 Å². The summed E-state index contributed by atoms with van der Waals surface area (Å²) in [6.45, 7) is 5.98. The molecule has 2 bridgehead atoms. The molecule has 3 heterocycles. The van der Waals surface area contributed by atoms with Crippen LogP contribution in [0.1, 0.15) is 56.0 Å². The van der Waals surface area contributed by atoms with E-state index in [0.29, 0.717) is 24.4 Å². The van der Waals surface area contributed by atoms with Crippen LogP contribution in [-0.2, 0) is 11.2 Å². The number of allylic oxidation sites excluding steroid dienone is 1. The highest BCUT2D eigenvalue weighted by molar-refractivity contribution is 5.78. The summed E-state index contributed by atoms with van der Waals surface area (Å²) in [6, 6.07) is 0.874. The van der Waals surface area contributed by atoms with Gasteiger partial charge in [-0.25, -0.2) is 0 Å². The molecule has 0 aliphatic carbocycles. The zero-order valence-electron chi connectivity index (χ0n) is 13.2. The van der Waals surface area contributed by atoms with Crippen molar-refractivity contribution in [1.29, 1.82) is 0 Å². The summed E-state index contributed by atoms with van der Waals surface area (Å²) < 4.78 is 5.17. The zero-order chi connectivity index (χ0) is 15.0. The Labute approximate surface area is 126 Å². The first-order valence-corrected chi connectivity index (χ1v) is 7.97. The lowest BCUT2D eigenvalue weighted by atomic mass is 9.95. The summed E-state index contributed by atoms with van der Waals surface area (Å²) in [4.78, 5) is 14.8. The Morgan fingerprint density at radius 3 is 2.52 bits per heavy atom. The Bertz CT molecular complexity index is 538. The third kappa shape index (κ3) is 2.63. The molecule has 2 aliphatic rings. The molecule has 1 aromatic rings. The van der Waals surface area contributed by atoms with Gasteiger partial charge in [-0.2, -0.15) is 0 Å². The fourth-order valence-electron chi connectivity index (χ4n) is 3.91. The molecule has 4 nitrogen and oxygen atoms in total. The van der Waals surface area contributed by atoms with Gasteiger partial charge in [-0.05, 0) is 52.9 Å². The van der Waals surface area contributed by atoms with Crippen LogP contribution < -0.4 is 0 Å². The highest BCUT2D eigenvalue weighted by Crippen LogP contribution is 2.38. The van der Waals surface area contributed by atoms with Gasteiger partial charge in [0.25, 0.3) is 0 Å².